The fraction of sp³-hybridized carbons (Fsp3) is 0.800. The van der Waals surface area contributed by atoms with E-state index in [0.717, 1.165) is 0 Å². The first kappa shape index (κ1) is 23.8. The van der Waals surface area contributed by atoms with Crippen LogP contribution in [0.1, 0.15) is 34.6 Å². The molecule has 25 heavy (non-hydrogen) atoms. The van der Waals surface area contributed by atoms with Crippen molar-refractivity contribution in [3.05, 3.63) is 22.3 Å². The summed E-state index contributed by atoms with van der Waals surface area (Å²) < 4.78 is 0.628. The van der Waals surface area contributed by atoms with Gasteiger partial charge in [-0.05, 0) is 45.8 Å². The molecule has 0 bridgehead atoms. The molecule has 0 atom stereocenters. The van der Waals surface area contributed by atoms with Crippen molar-refractivity contribution in [2.24, 2.45) is 0 Å². The van der Waals surface area contributed by atoms with Crippen LogP contribution in [0.5, 0.6) is 0 Å². The highest BCUT2D eigenvalue weighted by atomic mass is 31.7. The summed E-state index contributed by atoms with van der Waals surface area (Å²) in [6, 6.07) is 0. The fourth-order valence-electron chi connectivity index (χ4n) is 5.72. The zero-order valence-corrected chi connectivity index (χ0v) is 24.2. The average Bonchev–Trinajstić information content (AvgIpc) is 2.51. The number of hydrogen-bond donors (Lipinski definition) is 0. The van der Waals surface area contributed by atoms with E-state index < -0.39 is 24.2 Å². The molecule has 0 unspecified atom stereocenters. The summed E-state index contributed by atoms with van der Waals surface area (Å²) in [6.07, 6.45) is 0. The monoisotopic (exact) mass is 428 g/mol. The van der Waals surface area contributed by atoms with Crippen molar-refractivity contribution in [2.45, 2.75) is 103 Å². The predicted molar refractivity (Wildman–Crippen MR) is 132 cm³/mol. The highest BCUT2D eigenvalue weighted by Gasteiger charge is 2.59. The average molecular weight is 429 g/mol. The van der Waals surface area contributed by atoms with Crippen molar-refractivity contribution >= 4 is 40.0 Å². The van der Waals surface area contributed by atoms with E-state index in [9.17, 15) is 0 Å². The molecule has 144 valence electrons. The Kier molecular flexibility index (Phi) is 6.62. The highest BCUT2D eigenvalue weighted by molar-refractivity contribution is 7.90. The molecule has 0 saturated heterocycles. The zero-order chi connectivity index (χ0) is 20.2. The lowest BCUT2D eigenvalue weighted by atomic mass is 9.98. The van der Waals surface area contributed by atoms with Gasteiger partial charge in [-0.2, -0.15) is 0 Å². The molecule has 5 heteroatoms. The second-order valence-corrected chi connectivity index (χ2v) is 32.9. The van der Waals surface area contributed by atoms with E-state index in [-0.39, 0.29) is 5.16 Å². The highest BCUT2D eigenvalue weighted by Crippen LogP contribution is 2.58. The SMILES string of the molecule is CC1=C(C)C(C)(P=PC([Si](C)(C)C)([Si](C)(C)C)[Si](C)(C)C)C(C)=C1C. The molecule has 0 aromatic rings. The van der Waals surface area contributed by atoms with Crippen LogP contribution in [0.3, 0.4) is 0 Å². The van der Waals surface area contributed by atoms with Gasteiger partial charge in [0.1, 0.15) is 0 Å². The van der Waals surface area contributed by atoms with E-state index >= 15 is 0 Å². The van der Waals surface area contributed by atoms with Crippen LogP contribution < -0.4 is 0 Å². The second kappa shape index (κ2) is 6.96. The molecule has 0 heterocycles. The Labute approximate surface area is 164 Å². The molecule has 1 rings (SSSR count). The van der Waals surface area contributed by atoms with Gasteiger partial charge in [0.15, 0.2) is 0 Å². The van der Waals surface area contributed by atoms with E-state index in [0.29, 0.717) is 4.03 Å². The Balaban J connectivity index is 3.71. The second-order valence-electron chi connectivity index (χ2n) is 11.2. The minimum atomic E-state index is -1.32. The van der Waals surface area contributed by atoms with Gasteiger partial charge in [-0.15, -0.1) is 0 Å². The van der Waals surface area contributed by atoms with Crippen molar-refractivity contribution in [3.8, 4) is 0 Å². The van der Waals surface area contributed by atoms with Gasteiger partial charge in [-0.25, -0.2) is 0 Å². The summed E-state index contributed by atoms with van der Waals surface area (Å²) in [4.78, 5) is 0. The lowest BCUT2D eigenvalue weighted by molar-refractivity contribution is 0.875. The van der Waals surface area contributed by atoms with Crippen LogP contribution in [0, 0.1) is 0 Å². The third-order valence-corrected chi connectivity index (χ3v) is 39.4. The molecule has 0 nitrogen and oxygen atoms in total. The Hall–Kier alpha value is 0.731. The van der Waals surface area contributed by atoms with Crippen molar-refractivity contribution in [2.75, 3.05) is 0 Å². The Morgan fingerprint density at radius 1 is 0.640 bits per heavy atom. The number of rotatable bonds is 5. The summed E-state index contributed by atoms with van der Waals surface area (Å²) in [6.45, 7) is 35.9. The molecule has 0 N–H and O–H groups in total. The maximum atomic E-state index is 2.66. The Bertz CT molecular complexity index is 575. The van der Waals surface area contributed by atoms with Crippen LogP contribution >= 0.6 is 15.7 Å². The standard InChI is InChI=1S/C20H42P2Si3/c1-15-16(2)18(4)19(5,17(15)3)21-22-20(23(6,7)8,24(9,10)11)25(12,13)14/h1-14H3. The molecule has 0 aromatic carbocycles. The quantitative estimate of drug-likeness (QED) is 0.304. The molecule has 0 fully saturated rings. The zero-order valence-electron chi connectivity index (χ0n) is 19.4. The van der Waals surface area contributed by atoms with Gasteiger partial charge < -0.3 is 0 Å². The van der Waals surface area contributed by atoms with Crippen molar-refractivity contribution in [3.63, 3.8) is 0 Å². The van der Waals surface area contributed by atoms with E-state index in [1.165, 1.54) is 0 Å². The summed E-state index contributed by atoms with van der Waals surface area (Å²) >= 11 is 0. The molecule has 0 amide bonds. The van der Waals surface area contributed by atoms with E-state index in [2.05, 4.69) is 93.5 Å². The van der Waals surface area contributed by atoms with Crippen LogP contribution in [-0.4, -0.2) is 33.4 Å². The number of allylic oxidation sites excluding steroid dienone is 4. The molecule has 0 saturated carbocycles. The molecule has 1 aliphatic carbocycles. The lowest BCUT2D eigenvalue weighted by Crippen LogP contribution is -2.74. The summed E-state index contributed by atoms with van der Waals surface area (Å²) in [7, 11) is -0.585. The van der Waals surface area contributed by atoms with Crippen LogP contribution in [0.15, 0.2) is 22.3 Å². The topological polar surface area (TPSA) is 0 Å². The third kappa shape index (κ3) is 3.70. The summed E-state index contributed by atoms with van der Waals surface area (Å²) in [5.41, 5.74) is 6.32. The Morgan fingerprint density at radius 2 is 0.920 bits per heavy atom. The van der Waals surface area contributed by atoms with Gasteiger partial charge in [-0.1, -0.05) is 85.8 Å². The summed E-state index contributed by atoms with van der Waals surface area (Å²) in [5, 5.41) is 0.250. The first-order chi connectivity index (χ1) is 10.8. The van der Waals surface area contributed by atoms with Crippen LogP contribution in [0.25, 0.3) is 0 Å². The first-order valence-electron chi connectivity index (χ1n) is 9.65. The van der Waals surface area contributed by atoms with Crippen molar-refractivity contribution in [1.82, 2.24) is 0 Å². The normalized spacial score (nSPS) is 20.2. The van der Waals surface area contributed by atoms with Crippen molar-refractivity contribution < 1.29 is 0 Å². The van der Waals surface area contributed by atoms with Gasteiger partial charge in [0.25, 0.3) is 0 Å². The third-order valence-electron chi connectivity index (χ3n) is 6.80. The van der Waals surface area contributed by atoms with Gasteiger partial charge in [0.2, 0.25) is 0 Å². The van der Waals surface area contributed by atoms with E-state index in [1.807, 2.05) is 0 Å². The molecule has 0 aliphatic heterocycles. The van der Waals surface area contributed by atoms with Gasteiger partial charge in [0, 0.05) is 4.03 Å². The molecule has 0 aromatic heterocycles. The van der Waals surface area contributed by atoms with Gasteiger partial charge >= 0.3 is 0 Å². The fourth-order valence-corrected chi connectivity index (χ4v) is 48.7. The van der Waals surface area contributed by atoms with E-state index in [4.69, 9.17) is 0 Å². The molecule has 0 spiro atoms. The predicted octanol–water partition coefficient (Wildman–Crippen LogP) is 8.61. The summed E-state index contributed by atoms with van der Waals surface area (Å²) in [5.74, 6) is 0. The molecule has 0 radical (unpaired) electrons. The maximum absolute atomic E-state index is 2.66. The molecule has 1 aliphatic rings. The minimum Gasteiger partial charge on any atom is -0.0772 e. The lowest BCUT2D eigenvalue weighted by Gasteiger charge is -2.57. The maximum Gasteiger partial charge on any atom is 0.0556 e. The molecular weight excluding hydrogens is 386 g/mol. The van der Waals surface area contributed by atoms with Crippen molar-refractivity contribution in [1.29, 1.82) is 0 Å². The van der Waals surface area contributed by atoms with Gasteiger partial charge in [0.05, 0.1) is 29.4 Å². The molecular formula is C20H42P2Si3. The van der Waals surface area contributed by atoms with Crippen LogP contribution in [0.2, 0.25) is 58.9 Å². The van der Waals surface area contributed by atoms with Gasteiger partial charge in [-0.3, -0.25) is 0 Å². The number of hydrogen-bond acceptors (Lipinski definition) is 0. The Morgan fingerprint density at radius 3 is 1.16 bits per heavy atom. The van der Waals surface area contributed by atoms with Crippen LogP contribution in [0.4, 0.5) is 0 Å². The largest absolute Gasteiger partial charge is 0.0772 e. The minimum absolute atomic E-state index is 0.250. The first-order valence-corrected chi connectivity index (χ1v) is 22.6. The van der Waals surface area contributed by atoms with Crippen LogP contribution in [-0.2, 0) is 0 Å². The van der Waals surface area contributed by atoms with E-state index in [1.54, 1.807) is 38.0 Å². The smallest absolute Gasteiger partial charge is 0.0556 e.